The fourth-order valence-electron chi connectivity index (χ4n) is 3.81. The first-order chi connectivity index (χ1) is 16.0. The predicted octanol–water partition coefficient (Wildman–Crippen LogP) is 5.52. The zero-order valence-corrected chi connectivity index (χ0v) is 19.1. The summed E-state index contributed by atoms with van der Waals surface area (Å²) in [4.78, 5) is 25.0. The summed E-state index contributed by atoms with van der Waals surface area (Å²) in [5.74, 6) is 0.0480. The number of nitrogens with zero attached hydrogens (tertiary/aromatic N) is 3. The van der Waals surface area contributed by atoms with Crippen molar-refractivity contribution in [2.45, 2.75) is 25.3 Å². The Bertz CT molecular complexity index is 1390. The zero-order valence-electron chi connectivity index (χ0n) is 17.5. The number of hydrogen-bond donors (Lipinski definition) is 1. The highest BCUT2D eigenvalue weighted by molar-refractivity contribution is 6.35. The van der Waals surface area contributed by atoms with Gasteiger partial charge in [-0.05, 0) is 54.8 Å². The number of carbonyl (C=O) groups is 1. The molecule has 0 unspecified atom stereocenters. The number of carbonyl (C=O) groups excluding carboxylic acids is 1. The molecule has 2 heterocycles. The highest BCUT2D eigenvalue weighted by Crippen LogP contribution is 2.43. The Kier molecular flexibility index (Phi) is 5.79. The molecule has 1 saturated carbocycles. The SMILES string of the molecule is O=C(Nc1ccc(Cn2ccccc2=O)cc1)c1cnn(-c2ccc(Cl)cc2Cl)c1C1CC1. The van der Waals surface area contributed by atoms with E-state index in [1.165, 1.54) is 6.07 Å². The first-order valence-electron chi connectivity index (χ1n) is 10.6. The van der Waals surface area contributed by atoms with Crippen molar-refractivity contribution in [1.82, 2.24) is 14.3 Å². The van der Waals surface area contributed by atoms with Crippen LogP contribution in [-0.2, 0) is 6.54 Å². The lowest BCUT2D eigenvalue weighted by Crippen LogP contribution is -2.18. The van der Waals surface area contributed by atoms with E-state index < -0.39 is 0 Å². The van der Waals surface area contributed by atoms with Gasteiger partial charge in [0.2, 0.25) is 0 Å². The number of halogens is 2. The number of hydrogen-bond acceptors (Lipinski definition) is 3. The van der Waals surface area contributed by atoms with Crippen LogP contribution in [0.5, 0.6) is 0 Å². The number of amides is 1. The van der Waals surface area contributed by atoms with Gasteiger partial charge in [0.1, 0.15) is 0 Å². The molecule has 0 radical (unpaired) electrons. The molecule has 1 aliphatic rings. The molecule has 0 bridgehead atoms. The quantitative estimate of drug-likeness (QED) is 0.396. The van der Waals surface area contributed by atoms with Crippen molar-refractivity contribution in [3.8, 4) is 5.69 Å². The molecule has 4 aromatic rings. The van der Waals surface area contributed by atoms with Gasteiger partial charge in [-0.2, -0.15) is 5.10 Å². The van der Waals surface area contributed by atoms with Gasteiger partial charge in [0.25, 0.3) is 11.5 Å². The Morgan fingerprint density at radius 2 is 1.85 bits per heavy atom. The van der Waals surface area contributed by atoms with Crippen LogP contribution in [0.25, 0.3) is 5.69 Å². The first kappa shape index (κ1) is 21.5. The summed E-state index contributed by atoms with van der Waals surface area (Å²) in [5.41, 5.74) is 3.66. The minimum atomic E-state index is -0.222. The monoisotopic (exact) mass is 478 g/mol. The van der Waals surface area contributed by atoms with Crippen molar-refractivity contribution in [2.24, 2.45) is 0 Å². The van der Waals surface area contributed by atoms with Crippen LogP contribution in [0.15, 0.2) is 77.9 Å². The van der Waals surface area contributed by atoms with Gasteiger partial charge in [-0.3, -0.25) is 9.59 Å². The molecule has 1 fully saturated rings. The molecule has 0 aliphatic heterocycles. The van der Waals surface area contributed by atoms with Gasteiger partial charge in [-0.25, -0.2) is 4.68 Å². The lowest BCUT2D eigenvalue weighted by Gasteiger charge is -2.11. The summed E-state index contributed by atoms with van der Waals surface area (Å²) in [7, 11) is 0. The predicted molar refractivity (Wildman–Crippen MR) is 130 cm³/mol. The minimum Gasteiger partial charge on any atom is -0.322 e. The van der Waals surface area contributed by atoms with Crippen molar-refractivity contribution in [3.63, 3.8) is 0 Å². The Morgan fingerprint density at radius 3 is 2.55 bits per heavy atom. The highest BCUT2D eigenvalue weighted by Gasteiger charge is 2.33. The molecule has 166 valence electrons. The fraction of sp³-hybridized carbons (Fsp3) is 0.160. The molecule has 1 amide bonds. The molecule has 5 rings (SSSR count). The second-order valence-electron chi connectivity index (χ2n) is 8.04. The fourth-order valence-corrected chi connectivity index (χ4v) is 4.30. The van der Waals surface area contributed by atoms with Gasteiger partial charge >= 0.3 is 0 Å². The molecule has 2 aromatic carbocycles. The van der Waals surface area contributed by atoms with Gasteiger partial charge in [0.15, 0.2) is 0 Å². The molecule has 0 saturated heterocycles. The molecule has 1 aliphatic carbocycles. The topological polar surface area (TPSA) is 68.9 Å². The van der Waals surface area contributed by atoms with Gasteiger partial charge in [-0.15, -0.1) is 0 Å². The molecule has 8 heteroatoms. The third-order valence-electron chi connectivity index (χ3n) is 5.62. The maximum absolute atomic E-state index is 13.1. The van der Waals surface area contributed by atoms with Crippen LogP contribution < -0.4 is 10.9 Å². The molecular formula is C25H20Cl2N4O2. The Morgan fingerprint density at radius 1 is 1.06 bits per heavy atom. The lowest BCUT2D eigenvalue weighted by molar-refractivity contribution is 0.102. The smallest absolute Gasteiger partial charge is 0.259 e. The van der Waals surface area contributed by atoms with E-state index in [1.54, 1.807) is 39.8 Å². The summed E-state index contributed by atoms with van der Waals surface area (Å²) in [6.07, 6.45) is 5.35. The Balaban J connectivity index is 1.36. The van der Waals surface area contributed by atoms with Gasteiger partial charge in [0.05, 0.1) is 34.7 Å². The lowest BCUT2D eigenvalue weighted by atomic mass is 10.1. The summed E-state index contributed by atoms with van der Waals surface area (Å²) < 4.78 is 3.37. The number of nitrogens with one attached hydrogen (secondary N) is 1. The highest BCUT2D eigenvalue weighted by atomic mass is 35.5. The van der Waals surface area contributed by atoms with Crippen LogP contribution in [0.3, 0.4) is 0 Å². The third-order valence-corrected chi connectivity index (χ3v) is 6.15. The maximum atomic E-state index is 13.1. The maximum Gasteiger partial charge on any atom is 0.259 e. The summed E-state index contributed by atoms with van der Waals surface area (Å²) in [6.45, 7) is 0.467. The van der Waals surface area contributed by atoms with E-state index in [-0.39, 0.29) is 17.4 Å². The second-order valence-corrected chi connectivity index (χ2v) is 8.89. The van der Waals surface area contributed by atoms with Crippen molar-refractivity contribution >= 4 is 34.8 Å². The van der Waals surface area contributed by atoms with Gasteiger partial charge in [-0.1, -0.05) is 41.4 Å². The largest absolute Gasteiger partial charge is 0.322 e. The summed E-state index contributed by atoms with van der Waals surface area (Å²) >= 11 is 12.4. The molecule has 33 heavy (non-hydrogen) atoms. The second kappa shape index (κ2) is 8.89. The number of pyridine rings is 1. The normalized spacial score (nSPS) is 13.2. The Labute approximate surface area is 200 Å². The zero-order chi connectivity index (χ0) is 22.9. The Hall–Kier alpha value is -3.35. The molecular weight excluding hydrogens is 459 g/mol. The van der Waals surface area contributed by atoms with Crippen molar-refractivity contribution in [2.75, 3.05) is 5.32 Å². The molecule has 0 atom stereocenters. The van der Waals surface area contributed by atoms with Crippen LogP contribution >= 0.6 is 23.2 Å². The number of benzene rings is 2. The van der Waals surface area contributed by atoms with Crippen LogP contribution in [0.1, 0.15) is 40.4 Å². The van der Waals surface area contributed by atoms with E-state index in [9.17, 15) is 9.59 Å². The van der Waals surface area contributed by atoms with E-state index >= 15 is 0 Å². The van der Waals surface area contributed by atoms with Gasteiger partial charge < -0.3 is 9.88 Å². The molecule has 0 spiro atoms. The van der Waals surface area contributed by atoms with E-state index in [1.807, 2.05) is 36.4 Å². The number of anilines is 1. The van der Waals surface area contributed by atoms with Crippen LogP contribution in [-0.4, -0.2) is 20.3 Å². The van der Waals surface area contributed by atoms with Crippen molar-refractivity contribution in [1.29, 1.82) is 0 Å². The number of rotatable bonds is 6. The van der Waals surface area contributed by atoms with Crippen molar-refractivity contribution in [3.05, 3.63) is 110 Å². The average Bonchev–Trinajstić information content (AvgIpc) is 3.55. The van der Waals surface area contributed by atoms with E-state index in [4.69, 9.17) is 23.2 Å². The van der Waals surface area contributed by atoms with E-state index in [0.717, 1.165) is 24.1 Å². The van der Waals surface area contributed by atoms with Crippen LogP contribution in [0, 0.1) is 0 Å². The van der Waals surface area contributed by atoms with E-state index in [0.29, 0.717) is 33.5 Å². The standard InChI is InChI=1S/C25H20Cl2N4O2/c26-18-8-11-22(21(27)13-18)31-24(17-6-7-17)20(14-28-31)25(33)29-19-9-4-16(5-10-19)15-30-12-2-1-3-23(30)32/h1-5,8-14,17H,6-7,15H2,(H,29,33). The van der Waals surface area contributed by atoms with Gasteiger partial charge in [0, 0.05) is 28.9 Å². The molecule has 1 N–H and O–H groups in total. The van der Waals surface area contributed by atoms with Crippen LogP contribution in [0.4, 0.5) is 5.69 Å². The van der Waals surface area contributed by atoms with Crippen LogP contribution in [0.2, 0.25) is 10.0 Å². The molecule has 2 aromatic heterocycles. The molecule has 6 nitrogen and oxygen atoms in total. The minimum absolute atomic E-state index is 0.0553. The van der Waals surface area contributed by atoms with Crippen molar-refractivity contribution < 1.29 is 4.79 Å². The number of aromatic nitrogens is 3. The third kappa shape index (κ3) is 4.58. The average molecular weight is 479 g/mol. The first-order valence-corrected chi connectivity index (χ1v) is 11.3. The summed E-state index contributed by atoms with van der Waals surface area (Å²) in [6, 6.07) is 17.8. The van der Waals surface area contributed by atoms with E-state index in [2.05, 4.69) is 10.4 Å². The summed E-state index contributed by atoms with van der Waals surface area (Å²) in [5, 5.41) is 8.45.